The summed E-state index contributed by atoms with van der Waals surface area (Å²) >= 11 is 1.24. The number of aromatic nitrogens is 1. The second-order valence-corrected chi connectivity index (χ2v) is 3.83. The van der Waals surface area contributed by atoms with E-state index in [-0.39, 0.29) is 5.75 Å². The number of hydrogen-bond acceptors (Lipinski definition) is 5. The van der Waals surface area contributed by atoms with Gasteiger partial charge in [0.15, 0.2) is 0 Å². The molecule has 0 aliphatic heterocycles. The molecule has 0 amide bonds. The van der Waals surface area contributed by atoms with Gasteiger partial charge in [-0.15, -0.1) is 0 Å². The highest BCUT2D eigenvalue weighted by molar-refractivity contribution is 7.10. The van der Waals surface area contributed by atoms with Crippen LogP contribution in [0.25, 0.3) is 0 Å². The quantitative estimate of drug-likeness (QED) is 0.833. The van der Waals surface area contributed by atoms with Gasteiger partial charge in [0.1, 0.15) is 23.1 Å². The summed E-state index contributed by atoms with van der Waals surface area (Å²) in [5, 5.41) is 9.87. The second kappa shape index (κ2) is 4.18. The maximum atomic E-state index is 9.21. The molecule has 0 atom stereocenters. The number of anilines is 1. The number of phenolic OH excluding ortho intramolecular Hbond substituents is 1. The normalized spacial score (nSPS) is 10.1. The fourth-order valence-electron chi connectivity index (χ4n) is 1.11. The van der Waals surface area contributed by atoms with E-state index in [1.165, 1.54) is 11.5 Å². The van der Waals surface area contributed by atoms with E-state index in [1.807, 2.05) is 0 Å². The number of nitrogens with zero attached hydrogens (tertiary/aromatic N) is 1. The van der Waals surface area contributed by atoms with Crippen LogP contribution in [0.1, 0.15) is 5.56 Å². The van der Waals surface area contributed by atoms with E-state index in [2.05, 4.69) is 4.37 Å². The van der Waals surface area contributed by atoms with Crippen LogP contribution in [0.3, 0.4) is 0 Å². The van der Waals surface area contributed by atoms with Gasteiger partial charge in [0.05, 0.1) is 0 Å². The van der Waals surface area contributed by atoms with Crippen molar-refractivity contribution in [3.05, 3.63) is 36.0 Å². The third-order valence-corrected chi connectivity index (χ3v) is 2.56. The lowest BCUT2D eigenvalue weighted by Gasteiger charge is -2.05. The molecular weight excluding hydrogens is 212 g/mol. The molecule has 4 nitrogen and oxygen atoms in total. The van der Waals surface area contributed by atoms with Gasteiger partial charge in [0.25, 0.3) is 0 Å². The SMILES string of the molecule is Nc1sncc1COc1cccc(O)c1. The second-order valence-electron chi connectivity index (χ2n) is 3.00. The number of benzene rings is 1. The molecule has 1 aromatic carbocycles. The summed E-state index contributed by atoms with van der Waals surface area (Å²) in [5.74, 6) is 0.796. The molecule has 0 spiro atoms. The van der Waals surface area contributed by atoms with Crippen molar-refractivity contribution in [3.8, 4) is 11.5 Å². The smallest absolute Gasteiger partial charge is 0.123 e. The lowest BCUT2D eigenvalue weighted by atomic mass is 10.3. The Morgan fingerprint density at radius 3 is 3.00 bits per heavy atom. The molecular formula is C10H10N2O2S. The molecule has 78 valence electrons. The largest absolute Gasteiger partial charge is 0.508 e. The van der Waals surface area contributed by atoms with Crippen LogP contribution in [-0.2, 0) is 6.61 Å². The Hall–Kier alpha value is -1.75. The van der Waals surface area contributed by atoms with Crippen molar-refractivity contribution in [2.45, 2.75) is 6.61 Å². The zero-order chi connectivity index (χ0) is 10.7. The summed E-state index contributed by atoms with van der Waals surface area (Å²) < 4.78 is 9.38. The van der Waals surface area contributed by atoms with E-state index in [0.717, 1.165) is 5.56 Å². The third kappa shape index (κ3) is 2.38. The van der Waals surface area contributed by atoms with Crippen molar-refractivity contribution in [1.82, 2.24) is 4.37 Å². The molecule has 2 rings (SSSR count). The Bertz CT molecular complexity index is 456. The first-order valence-electron chi connectivity index (χ1n) is 4.36. The Balaban J connectivity index is 2.02. The van der Waals surface area contributed by atoms with Gasteiger partial charge in [0, 0.05) is 17.8 Å². The van der Waals surface area contributed by atoms with E-state index in [9.17, 15) is 5.11 Å². The molecule has 0 aliphatic carbocycles. The number of phenols is 1. The predicted octanol–water partition coefficient (Wildman–Crippen LogP) is 2.01. The average Bonchev–Trinajstić information content (AvgIpc) is 2.61. The van der Waals surface area contributed by atoms with Gasteiger partial charge >= 0.3 is 0 Å². The van der Waals surface area contributed by atoms with E-state index >= 15 is 0 Å². The number of hydrogen-bond donors (Lipinski definition) is 2. The zero-order valence-corrected chi connectivity index (χ0v) is 8.70. The first kappa shape index (κ1) is 9.79. The minimum absolute atomic E-state index is 0.184. The molecule has 5 heteroatoms. The Labute approximate surface area is 91.1 Å². The van der Waals surface area contributed by atoms with Crippen molar-refractivity contribution in [2.24, 2.45) is 0 Å². The van der Waals surface area contributed by atoms with E-state index in [1.54, 1.807) is 30.5 Å². The predicted molar refractivity (Wildman–Crippen MR) is 59.0 cm³/mol. The van der Waals surface area contributed by atoms with Gasteiger partial charge in [-0.1, -0.05) is 6.07 Å². The van der Waals surface area contributed by atoms with Gasteiger partial charge in [-0.25, -0.2) is 0 Å². The molecule has 0 unspecified atom stereocenters. The number of rotatable bonds is 3. The summed E-state index contributed by atoms with van der Waals surface area (Å²) in [4.78, 5) is 0. The lowest BCUT2D eigenvalue weighted by Crippen LogP contribution is -1.96. The fraction of sp³-hybridized carbons (Fsp3) is 0.100. The number of ether oxygens (including phenoxy) is 1. The fourth-order valence-corrected chi connectivity index (χ4v) is 1.63. The van der Waals surface area contributed by atoms with Crippen LogP contribution in [0.15, 0.2) is 30.5 Å². The molecule has 0 fully saturated rings. The van der Waals surface area contributed by atoms with Crippen molar-refractivity contribution in [1.29, 1.82) is 0 Å². The monoisotopic (exact) mass is 222 g/mol. The minimum Gasteiger partial charge on any atom is -0.508 e. The zero-order valence-electron chi connectivity index (χ0n) is 7.88. The van der Waals surface area contributed by atoms with E-state index < -0.39 is 0 Å². The van der Waals surface area contributed by atoms with Crippen LogP contribution < -0.4 is 10.5 Å². The molecule has 0 radical (unpaired) electrons. The summed E-state index contributed by atoms with van der Waals surface area (Å²) in [6, 6.07) is 6.64. The third-order valence-electron chi connectivity index (χ3n) is 1.89. The highest BCUT2D eigenvalue weighted by Crippen LogP contribution is 2.21. The lowest BCUT2D eigenvalue weighted by molar-refractivity contribution is 0.305. The molecule has 1 aromatic heterocycles. The van der Waals surface area contributed by atoms with Gasteiger partial charge in [-0.3, -0.25) is 0 Å². The van der Waals surface area contributed by atoms with E-state index in [0.29, 0.717) is 17.4 Å². The summed E-state index contributed by atoms with van der Waals surface area (Å²) in [5.41, 5.74) is 6.53. The summed E-state index contributed by atoms with van der Waals surface area (Å²) in [7, 11) is 0. The van der Waals surface area contributed by atoms with Crippen LogP contribution in [0, 0.1) is 0 Å². The van der Waals surface area contributed by atoms with Gasteiger partial charge < -0.3 is 15.6 Å². The maximum absolute atomic E-state index is 9.21. The van der Waals surface area contributed by atoms with Gasteiger partial charge in [-0.05, 0) is 23.7 Å². The first-order valence-corrected chi connectivity index (χ1v) is 5.14. The average molecular weight is 222 g/mol. The summed E-state index contributed by atoms with van der Waals surface area (Å²) in [6.07, 6.45) is 1.68. The van der Waals surface area contributed by atoms with Crippen molar-refractivity contribution in [3.63, 3.8) is 0 Å². The van der Waals surface area contributed by atoms with Gasteiger partial charge in [0.2, 0.25) is 0 Å². The van der Waals surface area contributed by atoms with Crippen molar-refractivity contribution in [2.75, 3.05) is 5.73 Å². The van der Waals surface area contributed by atoms with Crippen LogP contribution in [-0.4, -0.2) is 9.48 Å². The standard InChI is InChI=1S/C10H10N2O2S/c11-10-7(5-12-15-10)6-14-9-3-1-2-8(13)4-9/h1-5,13H,6,11H2. The maximum Gasteiger partial charge on any atom is 0.123 e. The molecule has 2 aromatic rings. The Kier molecular flexibility index (Phi) is 2.73. The van der Waals surface area contributed by atoms with Crippen LogP contribution in [0.5, 0.6) is 11.5 Å². The minimum atomic E-state index is 0.184. The number of nitrogens with two attached hydrogens (primary N) is 1. The van der Waals surface area contributed by atoms with Crippen LogP contribution >= 0.6 is 11.5 Å². The van der Waals surface area contributed by atoms with E-state index in [4.69, 9.17) is 10.5 Å². The van der Waals surface area contributed by atoms with Crippen LogP contribution in [0.2, 0.25) is 0 Å². The summed E-state index contributed by atoms with van der Waals surface area (Å²) in [6.45, 7) is 0.367. The topological polar surface area (TPSA) is 68.4 Å². The van der Waals surface area contributed by atoms with Crippen LogP contribution in [0.4, 0.5) is 5.00 Å². The first-order chi connectivity index (χ1) is 7.25. The molecule has 3 N–H and O–H groups in total. The molecule has 0 saturated carbocycles. The van der Waals surface area contributed by atoms with Crippen molar-refractivity contribution < 1.29 is 9.84 Å². The Morgan fingerprint density at radius 2 is 2.33 bits per heavy atom. The molecule has 15 heavy (non-hydrogen) atoms. The highest BCUT2D eigenvalue weighted by atomic mass is 32.1. The van der Waals surface area contributed by atoms with Crippen molar-refractivity contribution >= 4 is 16.5 Å². The Morgan fingerprint density at radius 1 is 1.47 bits per heavy atom. The molecule has 1 heterocycles. The molecule has 0 aliphatic rings. The van der Waals surface area contributed by atoms with Gasteiger partial charge in [-0.2, -0.15) is 4.37 Å². The molecule has 0 saturated heterocycles. The molecule has 0 bridgehead atoms. The number of nitrogen functional groups attached to an aromatic ring is 1. The number of aromatic hydroxyl groups is 1. The highest BCUT2D eigenvalue weighted by Gasteiger charge is 2.02.